The van der Waals surface area contributed by atoms with Gasteiger partial charge >= 0.3 is 12.1 Å². The minimum atomic E-state index is -0.581. The molecule has 0 saturated carbocycles. The van der Waals surface area contributed by atoms with Crippen LogP contribution in [0.4, 0.5) is 9.59 Å². The summed E-state index contributed by atoms with van der Waals surface area (Å²) in [6, 6.07) is 9.70. The highest BCUT2D eigenvalue weighted by Gasteiger charge is 2.45. The highest BCUT2D eigenvalue weighted by molar-refractivity contribution is 5.93. The number of carbonyl (C=O) groups is 2. The third kappa shape index (κ3) is 2.66. The van der Waals surface area contributed by atoms with Crippen LogP contribution in [0.2, 0.25) is 0 Å². The monoisotopic (exact) mass is 303 g/mol. The van der Waals surface area contributed by atoms with Crippen LogP contribution in [0.1, 0.15) is 24.4 Å². The second-order valence-electron chi connectivity index (χ2n) is 5.68. The summed E-state index contributed by atoms with van der Waals surface area (Å²) < 4.78 is 4.75. The van der Waals surface area contributed by atoms with Gasteiger partial charge in [-0.1, -0.05) is 30.3 Å². The van der Waals surface area contributed by atoms with Crippen LogP contribution in [-0.4, -0.2) is 54.7 Å². The molecule has 3 rings (SSSR count). The Morgan fingerprint density at radius 1 is 1.23 bits per heavy atom. The molecule has 3 amide bonds. The fraction of sp³-hybridized carbons (Fsp3) is 0.500. The molecule has 2 heterocycles. The second kappa shape index (κ2) is 6.36. The standard InChI is InChI=1S/C16H21N3O3/c1-22-16(21)18-11-14(12-5-3-2-4-6-12)19(15(18)20)13-7-9-17-10-8-13/h2-6,13-14,17H,7-11H2,1H3/t14-/m0/s1. The van der Waals surface area contributed by atoms with Crippen molar-refractivity contribution >= 4 is 12.1 Å². The van der Waals surface area contributed by atoms with Gasteiger partial charge < -0.3 is 15.0 Å². The predicted octanol–water partition coefficient (Wildman–Crippen LogP) is 1.98. The summed E-state index contributed by atoms with van der Waals surface area (Å²) in [4.78, 5) is 27.7. The summed E-state index contributed by atoms with van der Waals surface area (Å²) in [6.07, 6.45) is 1.23. The van der Waals surface area contributed by atoms with Gasteiger partial charge in [0, 0.05) is 6.04 Å². The summed E-state index contributed by atoms with van der Waals surface area (Å²) in [5, 5.41) is 3.31. The SMILES string of the molecule is COC(=O)N1C[C@@H](c2ccccc2)N(C2CCNCC2)C1=O. The number of ether oxygens (including phenoxy) is 1. The second-order valence-corrected chi connectivity index (χ2v) is 5.68. The van der Waals surface area contributed by atoms with Gasteiger partial charge in [0.1, 0.15) is 0 Å². The Bertz CT molecular complexity index is 543. The lowest BCUT2D eigenvalue weighted by atomic mass is 10.00. The molecule has 0 aromatic heterocycles. The molecule has 6 nitrogen and oxygen atoms in total. The number of piperidine rings is 1. The average Bonchev–Trinajstić information content (AvgIpc) is 2.93. The van der Waals surface area contributed by atoms with Crippen LogP contribution in [-0.2, 0) is 4.74 Å². The largest absolute Gasteiger partial charge is 0.452 e. The van der Waals surface area contributed by atoms with E-state index in [2.05, 4.69) is 5.32 Å². The quantitative estimate of drug-likeness (QED) is 0.907. The number of nitrogens with zero attached hydrogens (tertiary/aromatic N) is 2. The highest BCUT2D eigenvalue weighted by atomic mass is 16.5. The van der Waals surface area contributed by atoms with Crippen LogP contribution in [0.25, 0.3) is 0 Å². The van der Waals surface area contributed by atoms with Crippen molar-refractivity contribution in [2.24, 2.45) is 0 Å². The summed E-state index contributed by atoms with van der Waals surface area (Å²) >= 11 is 0. The molecule has 0 unspecified atom stereocenters. The fourth-order valence-electron chi connectivity index (χ4n) is 3.31. The van der Waals surface area contributed by atoms with Crippen molar-refractivity contribution < 1.29 is 14.3 Å². The molecule has 0 aliphatic carbocycles. The average molecular weight is 303 g/mol. The molecule has 2 fully saturated rings. The predicted molar refractivity (Wildman–Crippen MR) is 81.4 cm³/mol. The van der Waals surface area contributed by atoms with Crippen molar-refractivity contribution in [3.63, 3.8) is 0 Å². The lowest BCUT2D eigenvalue weighted by Crippen LogP contribution is -2.46. The molecule has 2 aliphatic heterocycles. The van der Waals surface area contributed by atoms with Crippen LogP contribution in [0.15, 0.2) is 30.3 Å². The van der Waals surface area contributed by atoms with Gasteiger partial charge in [0.05, 0.1) is 19.7 Å². The van der Waals surface area contributed by atoms with E-state index in [1.54, 1.807) is 0 Å². The maximum absolute atomic E-state index is 12.7. The van der Waals surface area contributed by atoms with Gasteiger partial charge in [-0.15, -0.1) is 0 Å². The van der Waals surface area contributed by atoms with E-state index < -0.39 is 6.09 Å². The summed E-state index contributed by atoms with van der Waals surface area (Å²) in [7, 11) is 1.31. The zero-order valence-electron chi connectivity index (χ0n) is 12.7. The highest BCUT2D eigenvalue weighted by Crippen LogP contribution is 2.34. The first-order valence-electron chi connectivity index (χ1n) is 7.66. The number of methoxy groups -OCH3 is 1. The maximum atomic E-state index is 12.7. The normalized spacial score (nSPS) is 23.0. The third-order valence-corrected chi connectivity index (χ3v) is 4.42. The van der Waals surface area contributed by atoms with Crippen molar-refractivity contribution in [3.8, 4) is 0 Å². The maximum Gasteiger partial charge on any atom is 0.417 e. The first-order valence-corrected chi connectivity index (χ1v) is 7.66. The molecule has 1 N–H and O–H groups in total. The molecule has 0 bridgehead atoms. The van der Waals surface area contributed by atoms with Crippen molar-refractivity contribution in [1.29, 1.82) is 0 Å². The number of urea groups is 1. The van der Waals surface area contributed by atoms with Crippen LogP contribution in [0.5, 0.6) is 0 Å². The Labute approximate surface area is 130 Å². The van der Waals surface area contributed by atoms with E-state index in [4.69, 9.17) is 4.74 Å². The Morgan fingerprint density at radius 2 is 1.91 bits per heavy atom. The van der Waals surface area contributed by atoms with Gasteiger partial charge in [-0.25, -0.2) is 14.5 Å². The third-order valence-electron chi connectivity index (χ3n) is 4.42. The van der Waals surface area contributed by atoms with Gasteiger partial charge in [0.2, 0.25) is 0 Å². The smallest absolute Gasteiger partial charge is 0.417 e. The molecule has 1 aromatic rings. The van der Waals surface area contributed by atoms with Crippen molar-refractivity contribution in [3.05, 3.63) is 35.9 Å². The molecular weight excluding hydrogens is 282 g/mol. The Kier molecular flexibility index (Phi) is 4.29. The first-order chi connectivity index (χ1) is 10.7. The van der Waals surface area contributed by atoms with Gasteiger partial charge in [0.15, 0.2) is 0 Å². The van der Waals surface area contributed by atoms with E-state index in [-0.39, 0.29) is 18.1 Å². The van der Waals surface area contributed by atoms with Gasteiger partial charge in [-0.3, -0.25) is 0 Å². The molecular formula is C16H21N3O3. The number of rotatable bonds is 2. The molecule has 22 heavy (non-hydrogen) atoms. The summed E-state index contributed by atoms with van der Waals surface area (Å²) in [5.74, 6) is 0. The zero-order valence-corrected chi connectivity index (χ0v) is 12.7. The van der Waals surface area contributed by atoms with E-state index in [0.717, 1.165) is 31.5 Å². The first kappa shape index (κ1) is 14.8. The van der Waals surface area contributed by atoms with Crippen LogP contribution in [0, 0.1) is 0 Å². The Balaban J connectivity index is 1.90. The molecule has 0 radical (unpaired) electrons. The zero-order chi connectivity index (χ0) is 15.5. The number of nitrogens with one attached hydrogen (secondary N) is 1. The summed E-state index contributed by atoms with van der Waals surface area (Å²) in [6.45, 7) is 2.14. The number of benzene rings is 1. The van der Waals surface area contributed by atoms with E-state index in [0.29, 0.717) is 6.54 Å². The van der Waals surface area contributed by atoms with Crippen molar-refractivity contribution in [2.75, 3.05) is 26.7 Å². The van der Waals surface area contributed by atoms with Crippen molar-refractivity contribution in [1.82, 2.24) is 15.1 Å². The summed E-state index contributed by atoms with van der Waals surface area (Å²) in [5.41, 5.74) is 1.06. The van der Waals surface area contributed by atoms with Gasteiger partial charge in [-0.05, 0) is 31.5 Å². The molecule has 2 saturated heterocycles. The van der Waals surface area contributed by atoms with Crippen molar-refractivity contribution in [2.45, 2.75) is 24.9 Å². The van der Waals surface area contributed by atoms with Crippen LogP contribution < -0.4 is 5.32 Å². The molecule has 1 aromatic carbocycles. The lowest BCUT2D eigenvalue weighted by molar-refractivity contribution is 0.128. The number of hydrogen-bond donors (Lipinski definition) is 1. The van der Waals surface area contributed by atoms with Gasteiger partial charge in [0.25, 0.3) is 0 Å². The van der Waals surface area contributed by atoms with E-state index in [1.165, 1.54) is 12.0 Å². The number of carbonyl (C=O) groups excluding carboxylic acids is 2. The minimum Gasteiger partial charge on any atom is -0.452 e. The molecule has 1 atom stereocenters. The molecule has 2 aliphatic rings. The fourth-order valence-corrected chi connectivity index (χ4v) is 3.31. The topological polar surface area (TPSA) is 61.9 Å². The number of hydrogen-bond acceptors (Lipinski definition) is 4. The minimum absolute atomic E-state index is 0.101. The van der Waals surface area contributed by atoms with E-state index >= 15 is 0 Å². The van der Waals surface area contributed by atoms with Crippen LogP contribution in [0.3, 0.4) is 0 Å². The lowest BCUT2D eigenvalue weighted by Gasteiger charge is -2.35. The Hall–Kier alpha value is -2.08. The number of imide groups is 1. The molecule has 118 valence electrons. The van der Waals surface area contributed by atoms with E-state index in [1.807, 2.05) is 35.2 Å². The van der Waals surface area contributed by atoms with E-state index in [9.17, 15) is 9.59 Å². The number of amides is 3. The molecule has 0 spiro atoms. The Morgan fingerprint density at radius 3 is 2.55 bits per heavy atom. The molecule has 6 heteroatoms. The van der Waals surface area contributed by atoms with Gasteiger partial charge in [-0.2, -0.15) is 0 Å². The van der Waals surface area contributed by atoms with Crippen LogP contribution >= 0.6 is 0 Å².